The van der Waals surface area contributed by atoms with Gasteiger partial charge >= 0.3 is 0 Å². The van der Waals surface area contributed by atoms with Crippen molar-refractivity contribution < 1.29 is 15.3 Å². The van der Waals surface area contributed by atoms with Gasteiger partial charge in [-0.25, -0.2) is 0 Å². The molecule has 4 nitrogen and oxygen atoms in total. The largest absolute Gasteiger partial charge is 0.394 e. The van der Waals surface area contributed by atoms with Crippen LogP contribution in [0.15, 0.2) is 36.4 Å². The molecule has 0 aliphatic rings. The van der Waals surface area contributed by atoms with E-state index in [1.807, 2.05) is 12.1 Å². The topological polar surface area (TPSA) is 86.7 Å². The minimum absolute atomic E-state index is 0.109. The Bertz CT molecular complexity index is 667. The highest BCUT2D eigenvalue weighted by Crippen LogP contribution is 2.30. The Labute approximate surface area is 150 Å². The van der Waals surface area contributed by atoms with Crippen LogP contribution in [0.2, 0.25) is 0 Å². The Morgan fingerprint density at radius 2 is 1.80 bits per heavy atom. The molecule has 2 aromatic rings. The van der Waals surface area contributed by atoms with E-state index in [0.29, 0.717) is 0 Å². The molecule has 0 aromatic heterocycles. The van der Waals surface area contributed by atoms with Gasteiger partial charge in [-0.2, -0.15) is 0 Å². The first-order chi connectivity index (χ1) is 12.0. The van der Waals surface area contributed by atoms with Crippen molar-refractivity contribution in [2.75, 3.05) is 13.2 Å². The number of hydrogen-bond donors (Lipinski definition) is 4. The van der Waals surface area contributed by atoms with Crippen molar-refractivity contribution in [2.24, 2.45) is 5.73 Å². The van der Waals surface area contributed by atoms with Gasteiger partial charge in [0.1, 0.15) is 0 Å². The highest BCUT2D eigenvalue weighted by atomic mass is 16.3. The van der Waals surface area contributed by atoms with Crippen molar-refractivity contribution in [3.63, 3.8) is 0 Å². The van der Waals surface area contributed by atoms with Crippen molar-refractivity contribution in [2.45, 2.75) is 57.1 Å². The van der Waals surface area contributed by atoms with Crippen molar-refractivity contribution in [1.82, 2.24) is 0 Å². The Morgan fingerprint density at radius 1 is 1.04 bits per heavy atom. The van der Waals surface area contributed by atoms with Crippen LogP contribution in [0.25, 0.3) is 10.8 Å². The van der Waals surface area contributed by atoms with E-state index in [9.17, 15) is 15.3 Å². The third-order valence-corrected chi connectivity index (χ3v) is 4.89. The molecule has 0 saturated heterocycles. The molecule has 0 bridgehead atoms. The number of aliphatic hydroxyl groups is 3. The van der Waals surface area contributed by atoms with Crippen molar-refractivity contribution in [3.05, 3.63) is 47.5 Å². The van der Waals surface area contributed by atoms with Crippen LogP contribution in [0.1, 0.15) is 56.3 Å². The molecule has 0 saturated carbocycles. The SMILES string of the molecule is CCCCCCc1ccc2c(C(O)CC(N)(CO)CO)cccc2c1. The van der Waals surface area contributed by atoms with E-state index in [-0.39, 0.29) is 19.6 Å². The average Bonchev–Trinajstić information content (AvgIpc) is 2.64. The molecule has 0 aliphatic carbocycles. The van der Waals surface area contributed by atoms with Gasteiger partial charge in [-0.05, 0) is 41.2 Å². The molecule has 0 aliphatic heterocycles. The van der Waals surface area contributed by atoms with Crippen molar-refractivity contribution in [1.29, 1.82) is 0 Å². The van der Waals surface area contributed by atoms with Crippen LogP contribution in [-0.2, 0) is 6.42 Å². The fourth-order valence-corrected chi connectivity index (χ4v) is 3.23. The van der Waals surface area contributed by atoms with Gasteiger partial charge in [0.05, 0.1) is 24.9 Å². The third kappa shape index (κ3) is 5.25. The minimum atomic E-state index is -1.18. The van der Waals surface area contributed by atoms with E-state index in [1.54, 1.807) is 0 Å². The molecule has 25 heavy (non-hydrogen) atoms. The third-order valence-electron chi connectivity index (χ3n) is 4.89. The Kier molecular flexibility index (Phi) is 7.38. The van der Waals surface area contributed by atoms with Crippen LogP contribution in [0.4, 0.5) is 0 Å². The lowest BCUT2D eigenvalue weighted by molar-refractivity contribution is 0.0623. The van der Waals surface area contributed by atoms with Gasteiger partial charge in [-0.1, -0.05) is 62.6 Å². The first kappa shape index (κ1) is 19.9. The fraction of sp³-hybridized carbons (Fsp3) is 0.524. The molecule has 1 atom stereocenters. The quantitative estimate of drug-likeness (QED) is 0.499. The predicted octanol–water partition coefficient (Wildman–Crippen LogP) is 3.07. The summed E-state index contributed by atoms with van der Waals surface area (Å²) in [4.78, 5) is 0. The van der Waals surface area contributed by atoms with E-state index in [1.165, 1.54) is 31.2 Å². The first-order valence-electron chi connectivity index (χ1n) is 9.23. The second-order valence-electron chi connectivity index (χ2n) is 7.11. The number of nitrogens with two attached hydrogens (primary N) is 1. The Morgan fingerprint density at radius 3 is 2.48 bits per heavy atom. The van der Waals surface area contributed by atoms with E-state index in [2.05, 4.69) is 31.2 Å². The number of fused-ring (bicyclic) bond motifs is 1. The standard InChI is InChI=1S/C21H31NO3/c1-2-3-4-5-7-16-10-11-18-17(12-16)8-6-9-19(18)20(25)13-21(22,14-23)15-24/h6,8-12,20,23-25H,2-5,7,13-15,22H2,1H3. The van der Waals surface area contributed by atoms with Crippen LogP contribution in [0.3, 0.4) is 0 Å². The highest BCUT2D eigenvalue weighted by molar-refractivity contribution is 5.86. The maximum atomic E-state index is 10.6. The van der Waals surface area contributed by atoms with Crippen LogP contribution >= 0.6 is 0 Å². The zero-order valence-electron chi connectivity index (χ0n) is 15.1. The maximum Gasteiger partial charge on any atom is 0.0815 e. The van der Waals surface area contributed by atoms with Gasteiger partial charge in [0.15, 0.2) is 0 Å². The summed E-state index contributed by atoms with van der Waals surface area (Å²) >= 11 is 0. The molecule has 138 valence electrons. The molecule has 0 amide bonds. The maximum absolute atomic E-state index is 10.6. The summed E-state index contributed by atoms with van der Waals surface area (Å²) < 4.78 is 0. The molecule has 0 radical (unpaired) electrons. The summed E-state index contributed by atoms with van der Waals surface area (Å²) in [5.74, 6) is 0. The predicted molar refractivity (Wildman–Crippen MR) is 102 cm³/mol. The highest BCUT2D eigenvalue weighted by Gasteiger charge is 2.28. The molecule has 0 fully saturated rings. The molecule has 0 spiro atoms. The summed E-state index contributed by atoms with van der Waals surface area (Å²) in [6.07, 6.45) is 5.33. The number of aliphatic hydroxyl groups excluding tert-OH is 3. The van der Waals surface area contributed by atoms with E-state index in [0.717, 1.165) is 22.8 Å². The van der Waals surface area contributed by atoms with Gasteiger partial charge < -0.3 is 21.1 Å². The molecular weight excluding hydrogens is 314 g/mol. The first-order valence-corrected chi connectivity index (χ1v) is 9.23. The number of unbranched alkanes of at least 4 members (excludes halogenated alkanes) is 3. The monoisotopic (exact) mass is 345 g/mol. The van der Waals surface area contributed by atoms with Crippen molar-refractivity contribution >= 4 is 10.8 Å². The molecule has 0 heterocycles. The number of hydrogen-bond acceptors (Lipinski definition) is 4. The number of rotatable bonds is 10. The summed E-state index contributed by atoms with van der Waals surface area (Å²) in [6.45, 7) is 1.48. The molecule has 2 aromatic carbocycles. The molecule has 2 rings (SSSR count). The summed E-state index contributed by atoms with van der Waals surface area (Å²) in [5.41, 5.74) is 6.84. The van der Waals surface area contributed by atoms with Crippen molar-refractivity contribution in [3.8, 4) is 0 Å². The van der Waals surface area contributed by atoms with Crippen LogP contribution in [-0.4, -0.2) is 34.1 Å². The normalized spacial score (nSPS) is 13.3. The van der Waals surface area contributed by atoms with Gasteiger partial charge in [-0.3, -0.25) is 0 Å². The second-order valence-corrected chi connectivity index (χ2v) is 7.11. The minimum Gasteiger partial charge on any atom is -0.394 e. The lowest BCUT2D eigenvalue weighted by atomic mass is 9.89. The molecule has 5 N–H and O–H groups in total. The number of benzene rings is 2. The van der Waals surface area contributed by atoms with E-state index in [4.69, 9.17) is 5.73 Å². The van der Waals surface area contributed by atoms with Gasteiger partial charge in [0, 0.05) is 0 Å². The van der Waals surface area contributed by atoms with Crippen LogP contribution in [0, 0.1) is 0 Å². The Hall–Kier alpha value is -1.46. The number of aryl methyl sites for hydroxylation is 1. The Balaban J connectivity index is 2.18. The lowest BCUT2D eigenvalue weighted by Gasteiger charge is -2.28. The van der Waals surface area contributed by atoms with E-state index >= 15 is 0 Å². The zero-order valence-corrected chi connectivity index (χ0v) is 15.1. The van der Waals surface area contributed by atoms with Crippen LogP contribution in [0.5, 0.6) is 0 Å². The fourth-order valence-electron chi connectivity index (χ4n) is 3.23. The second kappa shape index (κ2) is 9.30. The van der Waals surface area contributed by atoms with Crippen LogP contribution < -0.4 is 5.73 Å². The van der Waals surface area contributed by atoms with Gasteiger partial charge in [0.25, 0.3) is 0 Å². The summed E-state index contributed by atoms with van der Waals surface area (Å²) in [6, 6.07) is 12.2. The summed E-state index contributed by atoms with van der Waals surface area (Å²) in [5, 5.41) is 31.4. The van der Waals surface area contributed by atoms with E-state index < -0.39 is 11.6 Å². The smallest absolute Gasteiger partial charge is 0.0815 e. The lowest BCUT2D eigenvalue weighted by Crippen LogP contribution is -2.48. The summed E-state index contributed by atoms with van der Waals surface area (Å²) in [7, 11) is 0. The van der Waals surface area contributed by atoms with Gasteiger partial charge in [-0.15, -0.1) is 0 Å². The molecular formula is C21H31NO3. The molecule has 1 unspecified atom stereocenters. The molecule has 4 heteroatoms. The van der Waals surface area contributed by atoms with Gasteiger partial charge in [0.2, 0.25) is 0 Å². The average molecular weight is 345 g/mol. The zero-order chi connectivity index (χ0) is 18.3.